The van der Waals surface area contributed by atoms with E-state index in [-0.39, 0.29) is 0 Å². The van der Waals surface area contributed by atoms with Crippen molar-refractivity contribution in [3.8, 4) is 0 Å². The largest absolute Gasteiger partial charge is 0.317 e. The van der Waals surface area contributed by atoms with Gasteiger partial charge in [-0.15, -0.1) is 11.3 Å². The highest BCUT2D eigenvalue weighted by molar-refractivity contribution is 7.15. The minimum Gasteiger partial charge on any atom is -0.317 e. The summed E-state index contributed by atoms with van der Waals surface area (Å²) in [5, 5.41) is 7.64. The molecule has 1 aliphatic heterocycles. The average molecular weight is 317 g/mol. The van der Waals surface area contributed by atoms with Gasteiger partial charge in [0.05, 0.1) is 0 Å². The Kier molecular flexibility index (Phi) is 5.00. The van der Waals surface area contributed by atoms with Crippen LogP contribution in [0.1, 0.15) is 48.5 Å². The van der Waals surface area contributed by atoms with Crippen molar-refractivity contribution in [2.75, 3.05) is 18.4 Å². The average Bonchev–Trinajstić information content (AvgIpc) is 2.93. The van der Waals surface area contributed by atoms with Crippen LogP contribution in [0.4, 0.5) is 10.9 Å². The molecular formula is C16H23N5S. The van der Waals surface area contributed by atoms with Gasteiger partial charge >= 0.3 is 0 Å². The van der Waals surface area contributed by atoms with Crippen LogP contribution in [-0.4, -0.2) is 28.0 Å². The number of nitrogens with zero attached hydrogens (tertiary/aromatic N) is 3. The molecule has 3 rings (SSSR count). The van der Waals surface area contributed by atoms with E-state index in [1.54, 1.807) is 11.3 Å². The summed E-state index contributed by atoms with van der Waals surface area (Å²) in [5.41, 5.74) is 1.13. The van der Waals surface area contributed by atoms with Crippen molar-refractivity contribution in [3.05, 3.63) is 28.7 Å². The normalized spacial score (nSPS) is 15.9. The molecule has 2 aromatic rings. The Balaban J connectivity index is 1.85. The Morgan fingerprint density at radius 2 is 2.14 bits per heavy atom. The molecule has 0 radical (unpaired) electrons. The molecule has 0 aromatic carbocycles. The second-order valence-corrected chi connectivity index (χ2v) is 7.01. The summed E-state index contributed by atoms with van der Waals surface area (Å²) >= 11 is 1.65. The lowest BCUT2D eigenvalue weighted by molar-refractivity contribution is 0.444. The highest BCUT2D eigenvalue weighted by atomic mass is 32.1. The molecule has 2 aromatic heterocycles. The van der Waals surface area contributed by atoms with Gasteiger partial charge in [-0.1, -0.05) is 13.3 Å². The van der Waals surface area contributed by atoms with Gasteiger partial charge in [0.15, 0.2) is 5.13 Å². The SMILES string of the molecule is CCCc1cc(Nc2ncc(C)s2)nc(C2CCNCC2)n1. The van der Waals surface area contributed by atoms with E-state index in [0.717, 1.165) is 61.2 Å². The minimum absolute atomic E-state index is 0.469. The summed E-state index contributed by atoms with van der Waals surface area (Å²) in [6, 6.07) is 2.06. The van der Waals surface area contributed by atoms with Crippen LogP contribution < -0.4 is 10.6 Å². The van der Waals surface area contributed by atoms with Gasteiger partial charge < -0.3 is 10.6 Å². The topological polar surface area (TPSA) is 62.7 Å². The molecule has 5 nitrogen and oxygen atoms in total. The van der Waals surface area contributed by atoms with Crippen LogP contribution >= 0.6 is 11.3 Å². The van der Waals surface area contributed by atoms with Gasteiger partial charge in [-0.2, -0.15) is 0 Å². The van der Waals surface area contributed by atoms with Crippen molar-refractivity contribution in [3.63, 3.8) is 0 Å². The molecule has 1 fully saturated rings. The first-order valence-electron chi connectivity index (χ1n) is 8.02. The predicted octanol–water partition coefficient (Wildman–Crippen LogP) is 3.40. The van der Waals surface area contributed by atoms with Gasteiger partial charge in [-0.05, 0) is 39.3 Å². The van der Waals surface area contributed by atoms with E-state index in [2.05, 4.69) is 35.5 Å². The highest BCUT2D eigenvalue weighted by Gasteiger charge is 2.19. The summed E-state index contributed by atoms with van der Waals surface area (Å²) in [7, 11) is 0. The maximum absolute atomic E-state index is 4.80. The van der Waals surface area contributed by atoms with Gasteiger partial charge in [0.25, 0.3) is 0 Å². The second-order valence-electron chi connectivity index (χ2n) is 5.78. The zero-order valence-corrected chi connectivity index (χ0v) is 14.0. The van der Waals surface area contributed by atoms with Gasteiger partial charge in [0.2, 0.25) is 0 Å². The number of aromatic nitrogens is 3. The monoisotopic (exact) mass is 317 g/mol. The smallest absolute Gasteiger partial charge is 0.188 e. The van der Waals surface area contributed by atoms with E-state index in [1.165, 1.54) is 4.88 Å². The fraction of sp³-hybridized carbons (Fsp3) is 0.562. The van der Waals surface area contributed by atoms with E-state index < -0.39 is 0 Å². The molecule has 6 heteroatoms. The van der Waals surface area contributed by atoms with Crippen molar-refractivity contribution in [1.82, 2.24) is 20.3 Å². The number of thiazole rings is 1. The molecule has 3 heterocycles. The maximum Gasteiger partial charge on any atom is 0.188 e. The van der Waals surface area contributed by atoms with E-state index in [1.807, 2.05) is 6.20 Å². The lowest BCUT2D eigenvalue weighted by Crippen LogP contribution is -2.27. The molecule has 0 saturated carbocycles. The van der Waals surface area contributed by atoms with Crippen LogP contribution in [0.5, 0.6) is 0 Å². The Labute approximate surface area is 135 Å². The lowest BCUT2D eigenvalue weighted by atomic mass is 9.97. The van der Waals surface area contributed by atoms with Crippen LogP contribution in [0.25, 0.3) is 0 Å². The molecular weight excluding hydrogens is 294 g/mol. The summed E-state index contributed by atoms with van der Waals surface area (Å²) < 4.78 is 0. The van der Waals surface area contributed by atoms with Crippen molar-refractivity contribution in [1.29, 1.82) is 0 Å². The molecule has 118 valence electrons. The third kappa shape index (κ3) is 3.81. The second kappa shape index (κ2) is 7.15. The maximum atomic E-state index is 4.80. The van der Waals surface area contributed by atoms with E-state index in [9.17, 15) is 0 Å². The van der Waals surface area contributed by atoms with Crippen molar-refractivity contribution in [2.45, 2.75) is 45.4 Å². The number of anilines is 2. The molecule has 1 aliphatic rings. The van der Waals surface area contributed by atoms with Crippen LogP contribution in [-0.2, 0) is 6.42 Å². The van der Waals surface area contributed by atoms with Crippen LogP contribution in [0.15, 0.2) is 12.3 Å². The van der Waals surface area contributed by atoms with E-state index in [0.29, 0.717) is 5.92 Å². The lowest BCUT2D eigenvalue weighted by Gasteiger charge is -2.22. The Morgan fingerprint density at radius 1 is 1.32 bits per heavy atom. The molecule has 0 bridgehead atoms. The predicted molar refractivity (Wildman–Crippen MR) is 91.0 cm³/mol. The fourth-order valence-corrected chi connectivity index (χ4v) is 3.42. The molecule has 0 amide bonds. The Morgan fingerprint density at radius 3 is 2.82 bits per heavy atom. The van der Waals surface area contributed by atoms with Gasteiger partial charge in [0, 0.05) is 28.8 Å². The number of hydrogen-bond acceptors (Lipinski definition) is 6. The number of nitrogens with one attached hydrogen (secondary N) is 2. The quantitative estimate of drug-likeness (QED) is 0.885. The summed E-state index contributed by atoms with van der Waals surface area (Å²) in [6.07, 6.45) is 6.20. The Hall–Kier alpha value is -1.53. The highest BCUT2D eigenvalue weighted by Crippen LogP contribution is 2.26. The van der Waals surface area contributed by atoms with Gasteiger partial charge in [-0.25, -0.2) is 15.0 Å². The number of piperidine rings is 1. The number of rotatable bonds is 5. The van der Waals surface area contributed by atoms with Crippen LogP contribution in [0.2, 0.25) is 0 Å². The van der Waals surface area contributed by atoms with E-state index >= 15 is 0 Å². The summed E-state index contributed by atoms with van der Waals surface area (Å²) in [4.78, 5) is 15.1. The first kappa shape index (κ1) is 15.4. The molecule has 1 saturated heterocycles. The van der Waals surface area contributed by atoms with Gasteiger partial charge in [0.1, 0.15) is 11.6 Å². The molecule has 22 heavy (non-hydrogen) atoms. The summed E-state index contributed by atoms with van der Waals surface area (Å²) in [5.74, 6) is 2.33. The van der Waals surface area contributed by atoms with Crippen molar-refractivity contribution < 1.29 is 0 Å². The molecule has 0 spiro atoms. The first-order chi connectivity index (χ1) is 10.7. The first-order valence-corrected chi connectivity index (χ1v) is 8.84. The molecule has 2 N–H and O–H groups in total. The number of aryl methyl sites for hydroxylation is 2. The van der Waals surface area contributed by atoms with Crippen molar-refractivity contribution in [2.24, 2.45) is 0 Å². The molecule has 0 unspecified atom stereocenters. The zero-order valence-electron chi connectivity index (χ0n) is 13.2. The van der Waals surface area contributed by atoms with Crippen LogP contribution in [0, 0.1) is 6.92 Å². The summed E-state index contributed by atoms with van der Waals surface area (Å²) in [6.45, 7) is 6.36. The zero-order chi connectivity index (χ0) is 15.4. The minimum atomic E-state index is 0.469. The molecule has 0 atom stereocenters. The van der Waals surface area contributed by atoms with E-state index in [4.69, 9.17) is 9.97 Å². The number of hydrogen-bond donors (Lipinski definition) is 2. The third-order valence-corrected chi connectivity index (χ3v) is 4.69. The molecule has 0 aliphatic carbocycles. The fourth-order valence-electron chi connectivity index (χ4n) is 2.75. The van der Waals surface area contributed by atoms with Crippen LogP contribution in [0.3, 0.4) is 0 Å². The van der Waals surface area contributed by atoms with Gasteiger partial charge in [-0.3, -0.25) is 0 Å². The standard InChI is InChI=1S/C16H23N5S/c1-3-4-13-9-14(21-16-18-10-11(2)22-16)20-15(19-13)12-5-7-17-8-6-12/h9-10,12,17H,3-8H2,1-2H3,(H,18,19,20,21). The third-order valence-electron chi connectivity index (χ3n) is 3.86. The Bertz CT molecular complexity index is 619. The van der Waals surface area contributed by atoms with Crippen molar-refractivity contribution >= 4 is 22.3 Å².